The average Bonchev–Trinajstić information content (AvgIpc) is 2.68. The van der Waals surface area contributed by atoms with Crippen LogP contribution in [0, 0.1) is 17.2 Å². The quantitative estimate of drug-likeness (QED) is 0.734. The summed E-state index contributed by atoms with van der Waals surface area (Å²) in [6.45, 7) is 2.88. The third-order valence-electron chi connectivity index (χ3n) is 5.58. The lowest BCUT2D eigenvalue weighted by molar-refractivity contribution is -0.119. The summed E-state index contributed by atoms with van der Waals surface area (Å²) in [5.74, 6) is -1.58. The van der Waals surface area contributed by atoms with E-state index in [9.17, 15) is 20.0 Å². The minimum absolute atomic E-state index is 0.0687. The molecule has 1 saturated heterocycles. The Morgan fingerprint density at radius 3 is 2.68 bits per heavy atom. The number of piperidine rings is 1. The van der Waals surface area contributed by atoms with E-state index in [-0.39, 0.29) is 28.7 Å². The van der Waals surface area contributed by atoms with Crippen molar-refractivity contribution >= 4 is 17.7 Å². The van der Waals surface area contributed by atoms with E-state index in [1.165, 1.54) is 12.1 Å². The molecule has 3 N–H and O–H groups in total. The third-order valence-corrected chi connectivity index (χ3v) is 5.58. The maximum atomic E-state index is 13.0. The first-order valence-electron chi connectivity index (χ1n) is 9.40. The maximum absolute atomic E-state index is 13.0. The fourth-order valence-electron chi connectivity index (χ4n) is 4.09. The summed E-state index contributed by atoms with van der Waals surface area (Å²) in [5.41, 5.74) is 0.508. The predicted octanol–water partition coefficient (Wildman–Crippen LogP) is 2.08. The SMILES string of the molecule is CC1CCCCN1c1nc2c(c(=O)[nH]1)C(c1ccc(O)cc1)C(C#N)C(=O)N2. The van der Waals surface area contributed by atoms with Crippen LogP contribution in [-0.4, -0.2) is 33.6 Å². The van der Waals surface area contributed by atoms with Crippen LogP contribution in [0.1, 0.15) is 43.2 Å². The van der Waals surface area contributed by atoms with Crippen LogP contribution in [0.3, 0.4) is 0 Å². The van der Waals surface area contributed by atoms with Crippen LogP contribution in [-0.2, 0) is 4.79 Å². The summed E-state index contributed by atoms with van der Waals surface area (Å²) in [4.78, 5) is 35.0. The van der Waals surface area contributed by atoms with Crippen molar-refractivity contribution in [3.05, 3.63) is 45.7 Å². The number of H-pyrrole nitrogens is 1. The van der Waals surface area contributed by atoms with Gasteiger partial charge in [-0.2, -0.15) is 10.2 Å². The highest BCUT2D eigenvalue weighted by atomic mass is 16.3. The van der Waals surface area contributed by atoms with E-state index in [0.717, 1.165) is 25.8 Å². The fraction of sp³-hybridized carbons (Fsp3) is 0.400. The van der Waals surface area contributed by atoms with Gasteiger partial charge in [0.2, 0.25) is 11.9 Å². The van der Waals surface area contributed by atoms with Gasteiger partial charge in [-0.15, -0.1) is 0 Å². The highest BCUT2D eigenvalue weighted by Crippen LogP contribution is 2.38. The molecule has 0 radical (unpaired) electrons. The van der Waals surface area contributed by atoms with Crippen LogP contribution >= 0.6 is 0 Å². The van der Waals surface area contributed by atoms with Gasteiger partial charge in [0.05, 0.1) is 11.6 Å². The number of nitrogens with one attached hydrogen (secondary N) is 2. The summed E-state index contributed by atoms with van der Waals surface area (Å²) >= 11 is 0. The normalized spacial score (nSPS) is 24.2. The Morgan fingerprint density at radius 2 is 2.00 bits per heavy atom. The Morgan fingerprint density at radius 1 is 1.25 bits per heavy atom. The number of nitriles is 1. The minimum Gasteiger partial charge on any atom is -0.508 e. The van der Waals surface area contributed by atoms with E-state index in [0.29, 0.717) is 11.5 Å². The van der Waals surface area contributed by atoms with E-state index >= 15 is 0 Å². The first kappa shape index (κ1) is 18.0. The molecule has 1 aromatic heterocycles. The molecule has 28 heavy (non-hydrogen) atoms. The summed E-state index contributed by atoms with van der Waals surface area (Å²) in [6, 6.07) is 8.43. The van der Waals surface area contributed by atoms with Crippen LogP contribution < -0.4 is 15.8 Å². The molecule has 3 unspecified atom stereocenters. The van der Waals surface area contributed by atoms with Crippen molar-refractivity contribution in [1.82, 2.24) is 9.97 Å². The van der Waals surface area contributed by atoms with E-state index < -0.39 is 17.7 Å². The topological polar surface area (TPSA) is 122 Å². The lowest BCUT2D eigenvalue weighted by atomic mass is 9.79. The minimum atomic E-state index is -1.06. The van der Waals surface area contributed by atoms with Crippen molar-refractivity contribution in [2.75, 3.05) is 16.8 Å². The third kappa shape index (κ3) is 2.99. The van der Waals surface area contributed by atoms with Crippen molar-refractivity contribution < 1.29 is 9.90 Å². The standard InChI is InChI=1S/C20H21N5O3/c1-11-4-2-3-9-25(11)20-23-17-16(19(28)24-20)15(14(10-21)18(27)22-17)12-5-7-13(26)8-6-12/h5-8,11,14-15,26H,2-4,9H2,1H3,(H2,22,23,24,27,28). The molecular formula is C20H21N5O3. The second kappa shape index (κ2) is 7.00. The van der Waals surface area contributed by atoms with Crippen LogP contribution in [0.15, 0.2) is 29.1 Å². The van der Waals surface area contributed by atoms with Gasteiger partial charge in [0.25, 0.3) is 5.56 Å². The molecule has 8 nitrogen and oxygen atoms in total. The Kier molecular flexibility index (Phi) is 4.51. The number of benzene rings is 1. The monoisotopic (exact) mass is 379 g/mol. The number of rotatable bonds is 2. The second-order valence-corrected chi connectivity index (χ2v) is 7.36. The molecule has 1 fully saturated rings. The molecule has 0 bridgehead atoms. The zero-order valence-electron chi connectivity index (χ0n) is 15.5. The largest absolute Gasteiger partial charge is 0.508 e. The van der Waals surface area contributed by atoms with E-state index in [4.69, 9.17) is 0 Å². The number of anilines is 2. The lowest BCUT2D eigenvalue weighted by Gasteiger charge is -2.35. The molecule has 0 spiro atoms. The highest BCUT2D eigenvalue weighted by molar-refractivity contribution is 5.98. The summed E-state index contributed by atoms with van der Waals surface area (Å²) < 4.78 is 0. The first-order chi connectivity index (χ1) is 13.5. The molecule has 2 aliphatic heterocycles. The van der Waals surface area contributed by atoms with Crippen LogP contribution in [0.25, 0.3) is 0 Å². The number of hydrogen-bond acceptors (Lipinski definition) is 6. The summed E-state index contributed by atoms with van der Waals surface area (Å²) in [6.07, 6.45) is 3.17. The Balaban J connectivity index is 1.84. The number of carbonyl (C=O) groups excluding carboxylic acids is 1. The molecule has 1 amide bonds. The van der Waals surface area contributed by atoms with Gasteiger partial charge < -0.3 is 15.3 Å². The van der Waals surface area contributed by atoms with Gasteiger partial charge in [-0.1, -0.05) is 12.1 Å². The molecule has 3 atom stereocenters. The Labute approximate surface area is 161 Å². The van der Waals surface area contributed by atoms with E-state index in [1.54, 1.807) is 12.1 Å². The zero-order chi connectivity index (χ0) is 19.8. The van der Waals surface area contributed by atoms with Crippen molar-refractivity contribution in [3.8, 4) is 11.8 Å². The number of aromatic amines is 1. The average molecular weight is 379 g/mol. The highest BCUT2D eigenvalue weighted by Gasteiger charge is 2.40. The molecule has 144 valence electrons. The van der Waals surface area contributed by atoms with Crippen molar-refractivity contribution in [2.24, 2.45) is 5.92 Å². The second-order valence-electron chi connectivity index (χ2n) is 7.36. The van der Waals surface area contributed by atoms with Crippen LogP contribution in [0.4, 0.5) is 11.8 Å². The smallest absolute Gasteiger partial charge is 0.258 e. The molecule has 0 saturated carbocycles. The molecule has 8 heteroatoms. The van der Waals surface area contributed by atoms with Crippen molar-refractivity contribution in [3.63, 3.8) is 0 Å². The van der Waals surface area contributed by atoms with Crippen LogP contribution in [0.5, 0.6) is 5.75 Å². The van der Waals surface area contributed by atoms with Gasteiger partial charge in [-0.3, -0.25) is 14.6 Å². The van der Waals surface area contributed by atoms with E-state index in [2.05, 4.69) is 22.2 Å². The Hall–Kier alpha value is -3.34. The molecule has 3 heterocycles. The number of nitrogens with zero attached hydrogens (tertiary/aromatic N) is 3. The Bertz CT molecular complexity index is 1010. The van der Waals surface area contributed by atoms with Crippen molar-refractivity contribution in [1.29, 1.82) is 5.26 Å². The predicted molar refractivity (Wildman–Crippen MR) is 103 cm³/mol. The number of fused-ring (bicyclic) bond motifs is 1. The van der Waals surface area contributed by atoms with Gasteiger partial charge in [-0.05, 0) is 43.9 Å². The number of phenols is 1. The fourth-order valence-corrected chi connectivity index (χ4v) is 4.09. The van der Waals surface area contributed by atoms with Crippen molar-refractivity contribution in [2.45, 2.75) is 38.1 Å². The zero-order valence-corrected chi connectivity index (χ0v) is 15.5. The number of carbonyl (C=O) groups is 1. The van der Waals surface area contributed by atoms with Crippen LogP contribution in [0.2, 0.25) is 0 Å². The molecule has 0 aliphatic carbocycles. The number of phenolic OH excluding ortho intramolecular Hbond substituents is 1. The molecule has 2 aliphatic rings. The van der Waals surface area contributed by atoms with Gasteiger partial charge in [0.15, 0.2) is 0 Å². The summed E-state index contributed by atoms with van der Waals surface area (Å²) in [7, 11) is 0. The molecule has 1 aromatic carbocycles. The van der Waals surface area contributed by atoms with Gasteiger partial charge in [-0.25, -0.2) is 0 Å². The van der Waals surface area contributed by atoms with Gasteiger partial charge in [0.1, 0.15) is 17.5 Å². The maximum Gasteiger partial charge on any atom is 0.258 e. The first-order valence-corrected chi connectivity index (χ1v) is 9.40. The number of hydrogen-bond donors (Lipinski definition) is 3. The molecule has 4 rings (SSSR count). The summed E-state index contributed by atoms with van der Waals surface area (Å²) in [5, 5.41) is 21.8. The number of aromatic hydroxyl groups is 1. The molecular weight excluding hydrogens is 358 g/mol. The van der Waals surface area contributed by atoms with Gasteiger partial charge >= 0.3 is 0 Å². The number of amides is 1. The van der Waals surface area contributed by atoms with Gasteiger partial charge in [0, 0.05) is 18.5 Å². The molecule has 2 aromatic rings. The number of aromatic nitrogens is 2. The van der Waals surface area contributed by atoms with E-state index in [1.807, 2.05) is 11.0 Å². The lowest BCUT2D eigenvalue weighted by Crippen LogP contribution is -2.42.